The van der Waals surface area contributed by atoms with Crippen molar-refractivity contribution in [1.82, 2.24) is 4.90 Å². The molecule has 1 amide bonds. The molecule has 1 aliphatic rings. The van der Waals surface area contributed by atoms with E-state index in [0.717, 1.165) is 19.4 Å². The molecular weight excluding hydrogens is 204 g/mol. The van der Waals surface area contributed by atoms with E-state index < -0.39 is 5.54 Å². The summed E-state index contributed by atoms with van der Waals surface area (Å²) < 4.78 is 0. The molecule has 0 bridgehead atoms. The van der Waals surface area contributed by atoms with Gasteiger partial charge in [-0.15, -0.1) is 0 Å². The Morgan fingerprint density at radius 2 is 2.25 bits per heavy atom. The smallest absolute Gasteiger partial charge is 0.242 e. The maximum atomic E-state index is 12.3. The van der Waals surface area contributed by atoms with Crippen LogP contribution in [0, 0.1) is 5.92 Å². The fourth-order valence-corrected chi connectivity index (χ4v) is 2.49. The Kier molecular flexibility index (Phi) is 4.33. The van der Waals surface area contributed by atoms with Gasteiger partial charge in [0, 0.05) is 6.54 Å². The van der Waals surface area contributed by atoms with Crippen LogP contribution in [0.1, 0.15) is 40.0 Å². The minimum Gasteiger partial charge on any atom is -0.394 e. The second-order valence-electron chi connectivity index (χ2n) is 5.18. The lowest BCUT2D eigenvalue weighted by molar-refractivity contribution is -0.138. The normalized spacial score (nSPS) is 29.2. The largest absolute Gasteiger partial charge is 0.394 e. The topological polar surface area (TPSA) is 66.6 Å². The van der Waals surface area contributed by atoms with Crippen LogP contribution in [0.15, 0.2) is 0 Å². The van der Waals surface area contributed by atoms with Gasteiger partial charge in [-0.1, -0.05) is 20.3 Å². The summed E-state index contributed by atoms with van der Waals surface area (Å²) in [6.45, 7) is 6.64. The maximum absolute atomic E-state index is 12.3. The van der Waals surface area contributed by atoms with Gasteiger partial charge in [-0.25, -0.2) is 0 Å². The summed E-state index contributed by atoms with van der Waals surface area (Å²) in [5.74, 6) is 0.351. The van der Waals surface area contributed by atoms with Crippen LogP contribution in [-0.2, 0) is 4.79 Å². The first-order chi connectivity index (χ1) is 7.44. The summed E-state index contributed by atoms with van der Waals surface area (Å²) in [5.41, 5.74) is 5.25. The molecule has 1 saturated heterocycles. The molecule has 4 heteroatoms. The van der Waals surface area contributed by atoms with Gasteiger partial charge in [0.2, 0.25) is 5.91 Å². The number of rotatable bonds is 4. The van der Waals surface area contributed by atoms with Gasteiger partial charge in [-0.2, -0.15) is 0 Å². The molecule has 1 fully saturated rings. The van der Waals surface area contributed by atoms with Crippen LogP contribution in [0.2, 0.25) is 0 Å². The van der Waals surface area contributed by atoms with Crippen LogP contribution in [0.25, 0.3) is 0 Å². The summed E-state index contributed by atoms with van der Waals surface area (Å²) in [6.07, 6.45) is 2.54. The van der Waals surface area contributed by atoms with Gasteiger partial charge in [-0.3, -0.25) is 4.79 Å². The van der Waals surface area contributed by atoms with Gasteiger partial charge in [0.1, 0.15) is 0 Å². The molecule has 16 heavy (non-hydrogen) atoms. The molecule has 0 saturated carbocycles. The van der Waals surface area contributed by atoms with Crippen molar-refractivity contribution in [3.8, 4) is 0 Å². The molecule has 0 spiro atoms. The van der Waals surface area contributed by atoms with Gasteiger partial charge in [0.15, 0.2) is 0 Å². The number of hydrogen-bond acceptors (Lipinski definition) is 3. The van der Waals surface area contributed by atoms with E-state index in [4.69, 9.17) is 5.73 Å². The molecule has 3 N–H and O–H groups in total. The highest BCUT2D eigenvalue weighted by molar-refractivity contribution is 5.86. The number of carbonyl (C=O) groups is 1. The quantitative estimate of drug-likeness (QED) is 0.745. The summed E-state index contributed by atoms with van der Waals surface area (Å²) >= 11 is 0. The second-order valence-corrected chi connectivity index (χ2v) is 5.18. The Labute approximate surface area is 97.8 Å². The second kappa shape index (κ2) is 5.15. The highest BCUT2D eigenvalue weighted by Crippen LogP contribution is 2.26. The molecule has 1 aliphatic heterocycles. The third-order valence-electron chi connectivity index (χ3n) is 3.59. The van der Waals surface area contributed by atoms with Crippen molar-refractivity contribution < 1.29 is 9.90 Å². The number of likely N-dealkylation sites (tertiary alicyclic amines) is 1. The molecule has 0 aromatic rings. The predicted molar refractivity (Wildman–Crippen MR) is 63.9 cm³/mol. The van der Waals surface area contributed by atoms with E-state index in [0.29, 0.717) is 12.3 Å². The fraction of sp³-hybridized carbons (Fsp3) is 0.917. The third-order valence-corrected chi connectivity index (χ3v) is 3.59. The Morgan fingerprint density at radius 1 is 1.62 bits per heavy atom. The van der Waals surface area contributed by atoms with E-state index in [-0.39, 0.29) is 18.6 Å². The van der Waals surface area contributed by atoms with Crippen LogP contribution in [0.4, 0.5) is 0 Å². The first-order valence-electron chi connectivity index (χ1n) is 6.14. The van der Waals surface area contributed by atoms with E-state index in [9.17, 15) is 9.90 Å². The monoisotopic (exact) mass is 228 g/mol. The average Bonchev–Trinajstić information content (AvgIpc) is 2.58. The minimum atomic E-state index is -0.785. The Bertz CT molecular complexity index is 253. The summed E-state index contributed by atoms with van der Waals surface area (Å²) in [7, 11) is 0. The number of nitrogens with two attached hydrogens (primary N) is 1. The molecule has 3 unspecified atom stereocenters. The van der Waals surface area contributed by atoms with Gasteiger partial charge < -0.3 is 15.7 Å². The fourth-order valence-electron chi connectivity index (χ4n) is 2.49. The van der Waals surface area contributed by atoms with Crippen LogP contribution >= 0.6 is 0 Å². The lowest BCUT2D eigenvalue weighted by atomic mass is 9.95. The molecule has 0 aliphatic carbocycles. The molecule has 94 valence electrons. The van der Waals surface area contributed by atoms with Gasteiger partial charge in [0.05, 0.1) is 18.2 Å². The van der Waals surface area contributed by atoms with Crippen molar-refractivity contribution in [3.63, 3.8) is 0 Å². The van der Waals surface area contributed by atoms with E-state index in [1.54, 1.807) is 11.8 Å². The third kappa shape index (κ3) is 2.55. The van der Waals surface area contributed by atoms with Crippen molar-refractivity contribution >= 4 is 5.91 Å². The van der Waals surface area contributed by atoms with Crippen molar-refractivity contribution in [2.45, 2.75) is 51.6 Å². The SMILES string of the molecule is CCCC(C)(N)C(=O)N1CCC(C)C1CO. The number of amides is 1. The lowest BCUT2D eigenvalue weighted by Gasteiger charge is -2.33. The summed E-state index contributed by atoms with van der Waals surface area (Å²) in [4.78, 5) is 14.0. The Hall–Kier alpha value is -0.610. The van der Waals surface area contributed by atoms with Crippen LogP contribution < -0.4 is 5.73 Å². The van der Waals surface area contributed by atoms with Gasteiger partial charge in [0.25, 0.3) is 0 Å². The maximum Gasteiger partial charge on any atom is 0.242 e. The van der Waals surface area contributed by atoms with Crippen molar-refractivity contribution in [1.29, 1.82) is 0 Å². The van der Waals surface area contributed by atoms with E-state index in [1.807, 2.05) is 6.92 Å². The predicted octanol–water partition coefficient (Wildman–Crippen LogP) is 0.733. The molecule has 0 aromatic heterocycles. The van der Waals surface area contributed by atoms with Gasteiger partial charge in [-0.05, 0) is 25.7 Å². The zero-order valence-electron chi connectivity index (χ0n) is 10.6. The zero-order valence-corrected chi connectivity index (χ0v) is 10.6. The zero-order chi connectivity index (χ0) is 12.3. The first-order valence-corrected chi connectivity index (χ1v) is 6.14. The number of aliphatic hydroxyl groups is 1. The number of carbonyl (C=O) groups excluding carboxylic acids is 1. The Morgan fingerprint density at radius 3 is 2.75 bits per heavy atom. The average molecular weight is 228 g/mol. The van der Waals surface area contributed by atoms with Crippen LogP contribution in [0.5, 0.6) is 0 Å². The molecule has 0 radical (unpaired) electrons. The van der Waals surface area contributed by atoms with Crippen LogP contribution in [0.3, 0.4) is 0 Å². The number of nitrogens with zero attached hydrogens (tertiary/aromatic N) is 1. The molecule has 0 aromatic carbocycles. The van der Waals surface area contributed by atoms with E-state index in [2.05, 4.69) is 6.92 Å². The number of aliphatic hydroxyl groups excluding tert-OH is 1. The molecule has 3 atom stereocenters. The van der Waals surface area contributed by atoms with Crippen molar-refractivity contribution in [2.75, 3.05) is 13.2 Å². The highest BCUT2D eigenvalue weighted by atomic mass is 16.3. The van der Waals surface area contributed by atoms with E-state index >= 15 is 0 Å². The molecule has 4 nitrogen and oxygen atoms in total. The lowest BCUT2D eigenvalue weighted by Crippen LogP contribution is -2.55. The molecule has 1 heterocycles. The summed E-state index contributed by atoms with van der Waals surface area (Å²) in [5, 5.41) is 9.32. The molecular formula is C12H24N2O2. The van der Waals surface area contributed by atoms with Gasteiger partial charge >= 0.3 is 0 Å². The standard InChI is InChI=1S/C12H24N2O2/c1-4-6-12(3,13)11(16)14-7-5-9(2)10(14)8-15/h9-10,15H,4-8,13H2,1-3H3. The first kappa shape index (κ1) is 13.5. The molecule has 1 rings (SSSR count). The van der Waals surface area contributed by atoms with Crippen molar-refractivity contribution in [2.24, 2.45) is 11.7 Å². The number of hydrogen-bond donors (Lipinski definition) is 2. The Balaban J connectivity index is 2.74. The van der Waals surface area contributed by atoms with E-state index in [1.165, 1.54) is 0 Å². The summed E-state index contributed by atoms with van der Waals surface area (Å²) in [6, 6.07) is -0.0489. The highest BCUT2D eigenvalue weighted by Gasteiger charge is 2.40. The van der Waals surface area contributed by atoms with Crippen LogP contribution in [-0.4, -0.2) is 40.6 Å². The minimum absolute atomic E-state index is 0.0160. The van der Waals surface area contributed by atoms with Crippen molar-refractivity contribution in [3.05, 3.63) is 0 Å².